The Kier molecular flexibility index (Phi) is 5.81. The molecule has 2 N–H and O–H groups in total. The maximum Gasteiger partial charge on any atom is 0.251 e. The highest BCUT2D eigenvalue weighted by atomic mass is 19.1. The summed E-state index contributed by atoms with van der Waals surface area (Å²) in [5.41, 5.74) is 0.814. The van der Waals surface area contributed by atoms with Crippen molar-refractivity contribution in [2.75, 3.05) is 25.6 Å². The van der Waals surface area contributed by atoms with Crippen molar-refractivity contribution in [3.63, 3.8) is 0 Å². The van der Waals surface area contributed by atoms with E-state index in [1.165, 1.54) is 30.5 Å². The first-order valence-corrected chi connectivity index (χ1v) is 6.93. The number of nitrogens with zero attached hydrogens (tertiary/aromatic N) is 2. The molecule has 0 saturated carbocycles. The Bertz CT molecular complexity index is 670. The normalized spacial score (nSPS) is 10.3. The van der Waals surface area contributed by atoms with E-state index in [0.717, 1.165) is 0 Å². The van der Waals surface area contributed by atoms with E-state index < -0.39 is 11.7 Å². The smallest absolute Gasteiger partial charge is 0.251 e. The lowest BCUT2D eigenvalue weighted by Gasteiger charge is -2.05. The monoisotopic (exact) mass is 320 g/mol. The van der Waals surface area contributed by atoms with Gasteiger partial charge in [-0.25, -0.2) is 4.39 Å². The molecule has 0 saturated heterocycles. The first-order valence-electron chi connectivity index (χ1n) is 6.93. The number of nitrogens with one attached hydrogen (secondary N) is 2. The Labute approximate surface area is 132 Å². The zero-order valence-corrected chi connectivity index (χ0v) is 12.6. The SMILES string of the molecule is COCCn1cc(NC(=O)CNC(=O)c2ccc(F)cc2)cn1. The van der Waals surface area contributed by atoms with Gasteiger partial charge in [0, 0.05) is 18.9 Å². The highest BCUT2D eigenvalue weighted by Gasteiger charge is 2.09. The quantitative estimate of drug-likeness (QED) is 0.798. The van der Waals surface area contributed by atoms with Crippen molar-refractivity contribution >= 4 is 17.5 Å². The minimum Gasteiger partial charge on any atom is -0.383 e. The highest BCUT2D eigenvalue weighted by Crippen LogP contribution is 2.05. The highest BCUT2D eigenvalue weighted by molar-refractivity contribution is 5.99. The van der Waals surface area contributed by atoms with Gasteiger partial charge in [-0.2, -0.15) is 5.10 Å². The molecule has 0 fully saturated rings. The molecule has 0 unspecified atom stereocenters. The summed E-state index contributed by atoms with van der Waals surface area (Å²) in [6.07, 6.45) is 3.17. The van der Waals surface area contributed by atoms with Crippen LogP contribution in [0.4, 0.5) is 10.1 Å². The number of methoxy groups -OCH3 is 1. The van der Waals surface area contributed by atoms with Crippen LogP contribution in [0.3, 0.4) is 0 Å². The number of halogens is 1. The Hall–Kier alpha value is -2.74. The second kappa shape index (κ2) is 8.04. The van der Waals surface area contributed by atoms with Gasteiger partial charge in [-0.1, -0.05) is 0 Å². The zero-order valence-electron chi connectivity index (χ0n) is 12.6. The molecule has 0 atom stereocenters. The van der Waals surface area contributed by atoms with Crippen molar-refractivity contribution in [1.29, 1.82) is 0 Å². The standard InChI is InChI=1S/C15H17FN4O3/c1-23-7-6-20-10-13(8-18-20)19-14(21)9-17-15(22)11-2-4-12(16)5-3-11/h2-5,8,10H,6-7,9H2,1H3,(H,17,22)(H,19,21). The summed E-state index contributed by atoms with van der Waals surface area (Å²) in [6.45, 7) is 0.899. The molecule has 1 aromatic heterocycles. The van der Waals surface area contributed by atoms with E-state index in [1.807, 2.05) is 0 Å². The van der Waals surface area contributed by atoms with Crippen LogP contribution in [0.2, 0.25) is 0 Å². The summed E-state index contributed by atoms with van der Waals surface area (Å²) in [5, 5.41) is 9.13. The van der Waals surface area contributed by atoms with Gasteiger partial charge in [-0.05, 0) is 24.3 Å². The molecule has 0 aliphatic rings. The van der Waals surface area contributed by atoms with Crippen molar-refractivity contribution in [1.82, 2.24) is 15.1 Å². The second-order valence-electron chi connectivity index (χ2n) is 4.72. The Morgan fingerprint density at radius 3 is 2.74 bits per heavy atom. The predicted octanol–water partition coefficient (Wildman–Crippen LogP) is 1.04. The molecule has 2 amide bonds. The molecule has 1 aromatic carbocycles. The number of anilines is 1. The molecular formula is C15H17FN4O3. The number of hydrogen-bond acceptors (Lipinski definition) is 4. The molecule has 23 heavy (non-hydrogen) atoms. The van der Waals surface area contributed by atoms with Crippen molar-refractivity contribution in [2.45, 2.75) is 6.54 Å². The minimum atomic E-state index is -0.448. The van der Waals surface area contributed by atoms with E-state index in [4.69, 9.17) is 4.74 Å². The zero-order chi connectivity index (χ0) is 16.7. The molecule has 8 heteroatoms. The van der Waals surface area contributed by atoms with Gasteiger partial charge >= 0.3 is 0 Å². The number of aromatic nitrogens is 2. The van der Waals surface area contributed by atoms with Crippen molar-refractivity contribution < 1.29 is 18.7 Å². The Morgan fingerprint density at radius 1 is 1.30 bits per heavy atom. The van der Waals surface area contributed by atoms with Gasteiger partial charge in [0.1, 0.15) is 5.82 Å². The van der Waals surface area contributed by atoms with Crippen LogP contribution in [0.5, 0.6) is 0 Å². The molecule has 0 spiro atoms. The summed E-state index contributed by atoms with van der Waals surface area (Å²) in [7, 11) is 1.59. The first-order chi connectivity index (χ1) is 11.1. The third-order valence-electron chi connectivity index (χ3n) is 2.96. The van der Waals surface area contributed by atoms with Crippen molar-refractivity contribution in [3.05, 3.63) is 48.0 Å². The van der Waals surface area contributed by atoms with E-state index in [-0.39, 0.29) is 18.0 Å². The summed E-state index contributed by atoms with van der Waals surface area (Å²) in [5.74, 6) is -1.26. The van der Waals surface area contributed by atoms with Gasteiger partial charge < -0.3 is 15.4 Å². The first kappa shape index (κ1) is 16.6. The molecule has 7 nitrogen and oxygen atoms in total. The van der Waals surface area contributed by atoms with Gasteiger partial charge in [0.2, 0.25) is 5.91 Å². The number of ether oxygens (including phenoxy) is 1. The number of benzene rings is 1. The van der Waals surface area contributed by atoms with Crippen LogP contribution in [0.15, 0.2) is 36.7 Å². The van der Waals surface area contributed by atoms with E-state index in [2.05, 4.69) is 15.7 Å². The average Bonchev–Trinajstić information content (AvgIpc) is 2.98. The topological polar surface area (TPSA) is 85.2 Å². The number of hydrogen-bond donors (Lipinski definition) is 2. The number of carbonyl (C=O) groups is 2. The Morgan fingerprint density at radius 2 is 2.04 bits per heavy atom. The molecule has 1 heterocycles. The maximum atomic E-state index is 12.8. The number of amides is 2. The molecule has 122 valence electrons. The predicted molar refractivity (Wildman–Crippen MR) is 81.5 cm³/mol. The summed E-state index contributed by atoms with van der Waals surface area (Å²) in [6, 6.07) is 5.07. The average molecular weight is 320 g/mol. The maximum absolute atomic E-state index is 12.8. The summed E-state index contributed by atoms with van der Waals surface area (Å²) < 4.78 is 19.3. The van der Waals surface area contributed by atoms with E-state index in [0.29, 0.717) is 18.8 Å². The number of rotatable bonds is 7. The van der Waals surface area contributed by atoms with Crippen molar-refractivity contribution in [3.8, 4) is 0 Å². The third kappa shape index (κ3) is 5.19. The summed E-state index contributed by atoms with van der Waals surface area (Å²) in [4.78, 5) is 23.6. The molecular weight excluding hydrogens is 303 g/mol. The van der Waals surface area contributed by atoms with E-state index in [1.54, 1.807) is 18.0 Å². The van der Waals surface area contributed by atoms with Gasteiger partial charge in [0.25, 0.3) is 5.91 Å². The molecule has 2 rings (SSSR count). The fraction of sp³-hybridized carbons (Fsp3) is 0.267. The fourth-order valence-electron chi connectivity index (χ4n) is 1.80. The molecule has 0 aliphatic heterocycles. The molecule has 0 aliphatic carbocycles. The van der Waals surface area contributed by atoms with E-state index in [9.17, 15) is 14.0 Å². The van der Waals surface area contributed by atoms with Gasteiger partial charge in [-0.3, -0.25) is 14.3 Å². The van der Waals surface area contributed by atoms with Crippen LogP contribution in [0.1, 0.15) is 10.4 Å². The lowest BCUT2D eigenvalue weighted by Crippen LogP contribution is -2.32. The largest absolute Gasteiger partial charge is 0.383 e. The second-order valence-corrected chi connectivity index (χ2v) is 4.72. The fourth-order valence-corrected chi connectivity index (χ4v) is 1.80. The minimum absolute atomic E-state index is 0.195. The van der Waals surface area contributed by atoms with Gasteiger partial charge in [0.15, 0.2) is 0 Å². The molecule has 0 radical (unpaired) electrons. The van der Waals surface area contributed by atoms with Crippen LogP contribution in [0.25, 0.3) is 0 Å². The lowest BCUT2D eigenvalue weighted by molar-refractivity contribution is -0.115. The van der Waals surface area contributed by atoms with Crippen LogP contribution in [-0.2, 0) is 16.1 Å². The van der Waals surface area contributed by atoms with E-state index >= 15 is 0 Å². The van der Waals surface area contributed by atoms with Gasteiger partial charge in [0.05, 0.1) is 31.6 Å². The Balaban J connectivity index is 1.79. The van der Waals surface area contributed by atoms with Crippen LogP contribution >= 0.6 is 0 Å². The van der Waals surface area contributed by atoms with Crippen LogP contribution in [0, 0.1) is 5.82 Å². The third-order valence-corrected chi connectivity index (χ3v) is 2.96. The lowest BCUT2D eigenvalue weighted by atomic mass is 10.2. The summed E-state index contributed by atoms with van der Waals surface area (Å²) >= 11 is 0. The number of carbonyl (C=O) groups excluding carboxylic acids is 2. The van der Waals surface area contributed by atoms with Crippen LogP contribution < -0.4 is 10.6 Å². The van der Waals surface area contributed by atoms with Gasteiger partial charge in [-0.15, -0.1) is 0 Å². The van der Waals surface area contributed by atoms with Crippen LogP contribution in [-0.4, -0.2) is 41.9 Å². The molecule has 2 aromatic rings. The molecule has 0 bridgehead atoms. The van der Waals surface area contributed by atoms with Crippen molar-refractivity contribution in [2.24, 2.45) is 0 Å².